The van der Waals surface area contributed by atoms with Crippen LogP contribution in [0.15, 0.2) is 33.5 Å². The highest BCUT2D eigenvalue weighted by atomic mass is 16.3. The highest BCUT2D eigenvalue weighted by Gasteiger charge is 2.50. The van der Waals surface area contributed by atoms with Crippen molar-refractivity contribution in [2.75, 3.05) is 0 Å². The van der Waals surface area contributed by atoms with Crippen molar-refractivity contribution in [1.82, 2.24) is 5.43 Å². The maximum atomic E-state index is 11.9. The molecule has 0 aliphatic heterocycles. The highest BCUT2D eigenvalue weighted by Crippen LogP contribution is 2.58. The first-order valence-electron chi connectivity index (χ1n) is 7.07. The van der Waals surface area contributed by atoms with Crippen LogP contribution in [-0.4, -0.2) is 12.1 Å². The summed E-state index contributed by atoms with van der Waals surface area (Å²) >= 11 is 0. The number of amides is 1. The van der Waals surface area contributed by atoms with E-state index in [1.165, 1.54) is 18.3 Å². The molecule has 4 rings (SSSR count). The number of rotatable bonds is 3. The van der Waals surface area contributed by atoms with Crippen LogP contribution in [0.5, 0.6) is 0 Å². The molecule has 1 fully saturated rings. The molecule has 2 bridgehead atoms. The summed E-state index contributed by atoms with van der Waals surface area (Å²) in [6.45, 7) is 6.40. The lowest BCUT2D eigenvalue weighted by Gasteiger charge is -2.55. The van der Waals surface area contributed by atoms with Crippen LogP contribution in [0.4, 0.5) is 0 Å². The molecule has 106 valence electrons. The van der Waals surface area contributed by atoms with E-state index in [-0.39, 0.29) is 5.91 Å². The predicted molar refractivity (Wildman–Crippen MR) is 77.5 cm³/mol. The lowest BCUT2D eigenvalue weighted by molar-refractivity contribution is -0.00126. The second kappa shape index (κ2) is 4.62. The van der Waals surface area contributed by atoms with Crippen molar-refractivity contribution in [3.05, 3.63) is 35.3 Å². The van der Waals surface area contributed by atoms with Crippen molar-refractivity contribution in [2.45, 2.75) is 33.6 Å². The van der Waals surface area contributed by atoms with Gasteiger partial charge in [0.2, 0.25) is 0 Å². The van der Waals surface area contributed by atoms with Gasteiger partial charge in [-0.05, 0) is 48.7 Å². The lowest BCUT2D eigenvalue weighted by atomic mass is 9.49. The molecule has 20 heavy (non-hydrogen) atoms. The maximum Gasteiger partial charge on any atom is 0.274 e. The molecular formula is C16H20N2O2. The summed E-state index contributed by atoms with van der Waals surface area (Å²) in [6.07, 6.45) is 7.94. The fourth-order valence-corrected chi connectivity index (χ4v) is 3.39. The zero-order chi connectivity index (χ0) is 14.3. The number of hydrogen-bond donors (Lipinski definition) is 1. The van der Waals surface area contributed by atoms with Crippen LogP contribution in [0, 0.1) is 24.2 Å². The second-order valence-corrected chi connectivity index (χ2v) is 6.34. The molecular weight excluding hydrogens is 252 g/mol. The highest BCUT2D eigenvalue weighted by molar-refractivity contribution is 5.95. The molecule has 3 aliphatic carbocycles. The van der Waals surface area contributed by atoms with Crippen LogP contribution >= 0.6 is 0 Å². The minimum atomic E-state index is -0.227. The Kier molecular flexibility index (Phi) is 3.04. The van der Waals surface area contributed by atoms with Crippen molar-refractivity contribution >= 4 is 12.1 Å². The Labute approximate surface area is 118 Å². The Morgan fingerprint density at radius 3 is 2.95 bits per heavy atom. The van der Waals surface area contributed by atoms with Crippen LogP contribution in [0.3, 0.4) is 0 Å². The largest absolute Gasteiger partial charge is 0.469 e. The minimum Gasteiger partial charge on any atom is -0.469 e. The Morgan fingerprint density at radius 2 is 2.35 bits per heavy atom. The van der Waals surface area contributed by atoms with Crippen molar-refractivity contribution < 1.29 is 9.21 Å². The summed E-state index contributed by atoms with van der Waals surface area (Å²) in [6, 6.07) is 1.65. The third-order valence-corrected chi connectivity index (χ3v) is 4.99. The van der Waals surface area contributed by atoms with Gasteiger partial charge >= 0.3 is 0 Å². The fraction of sp³-hybridized carbons (Fsp3) is 0.500. The van der Waals surface area contributed by atoms with E-state index in [1.54, 1.807) is 19.2 Å². The lowest BCUT2D eigenvalue weighted by Crippen LogP contribution is -2.48. The fourth-order valence-electron chi connectivity index (χ4n) is 3.39. The Hall–Kier alpha value is -1.84. The Balaban J connectivity index is 1.63. The zero-order valence-electron chi connectivity index (χ0n) is 12.1. The van der Waals surface area contributed by atoms with E-state index in [4.69, 9.17) is 4.42 Å². The molecule has 3 aliphatic rings. The number of aryl methyl sites for hydroxylation is 1. The third-order valence-electron chi connectivity index (χ3n) is 4.99. The van der Waals surface area contributed by atoms with Crippen molar-refractivity contribution in [1.29, 1.82) is 0 Å². The Morgan fingerprint density at radius 1 is 1.55 bits per heavy atom. The van der Waals surface area contributed by atoms with Gasteiger partial charge in [0.25, 0.3) is 5.91 Å². The first-order chi connectivity index (χ1) is 9.50. The second-order valence-electron chi connectivity index (χ2n) is 6.34. The first-order valence-corrected chi connectivity index (χ1v) is 7.07. The van der Waals surface area contributed by atoms with E-state index in [2.05, 4.69) is 30.5 Å². The standard InChI is InChI=1S/C16H20N2O2/c1-10-13(6-7-20-10)15(19)18-17-9-11-4-5-12-8-14(11)16(12,2)3/h4,6-7,9,12,14H,5,8H2,1-3H3,(H,18,19). The number of hydrazone groups is 1. The van der Waals surface area contributed by atoms with Crippen molar-refractivity contribution in [3.8, 4) is 0 Å². The van der Waals surface area contributed by atoms with Crippen LogP contribution in [0.2, 0.25) is 0 Å². The SMILES string of the molecule is Cc1occc1C(=O)NN=CC1=CCC2CC1C2(C)C. The summed E-state index contributed by atoms with van der Waals surface area (Å²) < 4.78 is 5.11. The zero-order valence-corrected chi connectivity index (χ0v) is 12.1. The van der Waals surface area contributed by atoms with Gasteiger partial charge in [-0.3, -0.25) is 4.79 Å². The molecule has 1 saturated carbocycles. The molecule has 1 aromatic heterocycles. The van der Waals surface area contributed by atoms with E-state index in [9.17, 15) is 4.79 Å². The summed E-state index contributed by atoms with van der Waals surface area (Å²) in [7, 11) is 0. The first kappa shape index (κ1) is 13.2. The molecule has 1 aromatic rings. The predicted octanol–water partition coefficient (Wildman–Crippen LogP) is 3.30. The van der Waals surface area contributed by atoms with Crippen LogP contribution < -0.4 is 5.43 Å². The number of allylic oxidation sites excluding steroid dienone is 2. The topological polar surface area (TPSA) is 54.6 Å². The molecule has 0 saturated heterocycles. The van der Waals surface area contributed by atoms with Gasteiger partial charge < -0.3 is 4.42 Å². The normalized spacial score (nSPS) is 27.1. The number of carbonyl (C=O) groups is 1. The minimum absolute atomic E-state index is 0.227. The molecule has 1 N–H and O–H groups in total. The summed E-state index contributed by atoms with van der Waals surface area (Å²) in [5.74, 6) is 1.78. The number of furan rings is 1. The third kappa shape index (κ3) is 1.99. The van der Waals surface area contributed by atoms with Crippen molar-refractivity contribution in [2.24, 2.45) is 22.4 Å². The van der Waals surface area contributed by atoms with E-state index in [1.807, 2.05) is 0 Å². The van der Waals surface area contributed by atoms with E-state index >= 15 is 0 Å². The Bertz CT molecular complexity index is 595. The number of fused-ring (bicyclic) bond motifs is 1. The van der Waals surface area contributed by atoms with Gasteiger partial charge in [0.05, 0.1) is 18.0 Å². The average molecular weight is 272 g/mol. The smallest absolute Gasteiger partial charge is 0.274 e. The van der Waals surface area contributed by atoms with Gasteiger partial charge in [-0.15, -0.1) is 0 Å². The molecule has 0 aromatic carbocycles. The summed E-state index contributed by atoms with van der Waals surface area (Å²) in [5.41, 5.74) is 4.73. The number of nitrogens with one attached hydrogen (secondary N) is 1. The van der Waals surface area contributed by atoms with E-state index in [0.717, 1.165) is 12.3 Å². The average Bonchev–Trinajstić information content (AvgIpc) is 2.85. The molecule has 0 spiro atoms. The summed E-state index contributed by atoms with van der Waals surface area (Å²) in [4.78, 5) is 11.9. The maximum absolute atomic E-state index is 11.9. The van der Waals surface area contributed by atoms with E-state index < -0.39 is 0 Å². The molecule has 4 nitrogen and oxygen atoms in total. The van der Waals surface area contributed by atoms with Gasteiger partial charge in [0, 0.05) is 0 Å². The number of hydrogen-bond acceptors (Lipinski definition) is 3. The van der Waals surface area contributed by atoms with E-state index in [0.29, 0.717) is 22.7 Å². The molecule has 0 radical (unpaired) electrons. The number of carbonyl (C=O) groups excluding carboxylic acids is 1. The monoisotopic (exact) mass is 272 g/mol. The molecule has 2 atom stereocenters. The quantitative estimate of drug-likeness (QED) is 0.678. The van der Waals surface area contributed by atoms with Crippen molar-refractivity contribution in [3.63, 3.8) is 0 Å². The number of nitrogens with zero attached hydrogens (tertiary/aromatic N) is 1. The van der Waals surface area contributed by atoms with Gasteiger partial charge in [-0.2, -0.15) is 5.10 Å². The van der Waals surface area contributed by atoms with Gasteiger partial charge in [-0.1, -0.05) is 19.9 Å². The summed E-state index contributed by atoms with van der Waals surface area (Å²) in [5, 5.41) is 4.10. The van der Waals surface area contributed by atoms with Gasteiger partial charge in [-0.25, -0.2) is 5.43 Å². The molecule has 4 heteroatoms. The van der Waals surface area contributed by atoms with Crippen LogP contribution in [-0.2, 0) is 0 Å². The molecule has 1 heterocycles. The van der Waals surface area contributed by atoms with Crippen LogP contribution in [0.1, 0.15) is 42.8 Å². The molecule has 1 amide bonds. The van der Waals surface area contributed by atoms with Crippen LogP contribution in [0.25, 0.3) is 0 Å². The molecule has 2 unspecified atom stereocenters. The van der Waals surface area contributed by atoms with Gasteiger partial charge in [0.15, 0.2) is 0 Å². The van der Waals surface area contributed by atoms with Gasteiger partial charge in [0.1, 0.15) is 5.76 Å².